The van der Waals surface area contributed by atoms with E-state index in [1.807, 2.05) is 0 Å². The molecule has 0 aliphatic carbocycles. The smallest absolute Gasteiger partial charge is 0.271 e. The summed E-state index contributed by atoms with van der Waals surface area (Å²) in [5.41, 5.74) is 1.39. The number of rotatable bonds is 7. The lowest BCUT2D eigenvalue weighted by Gasteiger charge is -2.06. The number of H-pyrrole nitrogens is 1. The average Bonchev–Trinajstić information content (AvgIpc) is 2.79. The maximum atomic E-state index is 10.7. The average molecular weight is 278 g/mol. The Morgan fingerprint density at radius 3 is 3.00 bits per heavy atom. The number of nitrogens with zero attached hydrogens (tertiary/aromatic N) is 2. The molecule has 20 heavy (non-hydrogen) atoms. The van der Waals surface area contributed by atoms with Gasteiger partial charge in [-0.1, -0.05) is 13.8 Å². The van der Waals surface area contributed by atoms with Gasteiger partial charge in [-0.25, -0.2) is 4.98 Å². The van der Waals surface area contributed by atoms with Crippen LogP contribution in [0.2, 0.25) is 0 Å². The molecule has 0 unspecified atom stereocenters. The minimum atomic E-state index is -0.423. The maximum Gasteiger partial charge on any atom is 0.271 e. The van der Waals surface area contributed by atoms with Gasteiger partial charge in [0.15, 0.2) is 0 Å². The van der Waals surface area contributed by atoms with Crippen LogP contribution in [-0.2, 0) is 4.74 Å². The van der Waals surface area contributed by atoms with Gasteiger partial charge in [-0.05, 0) is 12.0 Å². The molecule has 0 aliphatic rings. The molecular formula is C13H18N4O3. The predicted octanol–water partition coefficient (Wildman–Crippen LogP) is 2.56. The molecule has 0 radical (unpaired) electrons. The maximum absolute atomic E-state index is 10.7. The topological polar surface area (TPSA) is 93.1 Å². The summed E-state index contributed by atoms with van der Waals surface area (Å²) in [6, 6.07) is 4.55. The number of nitro groups is 1. The zero-order valence-corrected chi connectivity index (χ0v) is 11.5. The van der Waals surface area contributed by atoms with E-state index >= 15 is 0 Å². The van der Waals surface area contributed by atoms with Gasteiger partial charge in [0.1, 0.15) is 0 Å². The molecule has 0 saturated heterocycles. The number of benzene rings is 1. The Hall–Kier alpha value is -2.15. The SMILES string of the molecule is CC(C)COCCNc1nc2ccc([N+](=O)[O-])cc2[nH]1. The van der Waals surface area contributed by atoms with Crippen LogP contribution in [0.5, 0.6) is 0 Å². The zero-order chi connectivity index (χ0) is 14.5. The highest BCUT2D eigenvalue weighted by atomic mass is 16.6. The van der Waals surface area contributed by atoms with Crippen LogP contribution in [0.1, 0.15) is 13.8 Å². The number of ether oxygens (including phenoxy) is 1. The highest BCUT2D eigenvalue weighted by Gasteiger charge is 2.09. The van der Waals surface area contributed by atoms with E-state index in [-0.39, 0.29) is 5.69 Å². The van der Waals surface area contributed by atoms with Crippen LogP contribution in [-0.4, -0.2) is 34.6 Å². The van der Waals surface area contributed by atoms with Crippen molar-refractivity contribution in [2.24, 2.45) is 5.92 Å². The van der Waals surface area contributed by atoms with Gasteiger partial charge < -0.3 is 15.0 Å². The van der Waals surface area contributed by atoms with Gasteiger partial charge in [0.05, 0.1) is 22.6 Å². The van der Waals surface area contributed by atoms with Crippen molar-refractivity contribution >= 4 is 22.7 Å². The first-order chi connectivity index (χ1) is 9.56. The fourth-order valence-electron chi connectivity index (χ4n) is 1.76. The normalized spacial score (nSPS) is 11.2. The first-order valence-electron chi connectivity index (χ1n) is 6.52. The molecule has 0 amide bonds. The molecule has 108 valence electrons. The molecule has 2 aromatic rings. The molecule has 1 heterocycles. The minimum absolute atomic E-state index is 0.0490. The summed E-state index contributed by atoms with van der Waals surface area (Å²) < 4.78 is 5.45. The molecule has 2 N–H and O–H groups in total. The van der Waals surface area contributed by atoms with Crippen molar-refractivity contribution in [2.75, 3.05) is 25.1 Å². The molecule has 0 spiro atoms. The van der Waals surface area contributed by atoms with Crippen LogP contribution in [0.3, 0.4) is 0 Å². The monoisotopic (exact) mass is 278 g/mol. The summed E-state index contributed by atoms with van der Waals surface area (Å²) in [5.74, 6) is 1.11. The second-order valence-corrected chi connectivity index (χ2v) is 4.94. The van der Waals surface area contributed by atoms with Crippen molar-refractivity contribution in [3.05, 3.63) is 28.3 Å². The molecule has 0 atom stereocenters. The third kappa shape index (κ3) is 3.67. The highest BCUT2D eigenvalue weighted by Crippen LogP contribution is 2.20. The molecular weight excluding hydrogens is 260 g/mol. The lowest BCUT2D eigenvalue weighted by atomic mass is 10.2. The molecule has 7 heteroatoms. The first kappa shape index (κ1) is 14.3. The quantitative estimate of drug-likeness (QED) is 0.461. The molecule has 0 saturated carbocycles. The zero-order valence-electron chi connectivity index (χ0n) is 11.5. The van der Waals surface area contributed by atoms with E-state index in [1.54, 1.807) is 6.07 Å². The Morgan fingerprint density at radius 1 is 1.50 bits per heavy atom. The van der Waals surface area contributed by atoms with Crippen LogP contribution < -0.4 is 5.32 Å². The number of non-ortho nitro benzene ring substituents is 1. The first-order valence-corrected chi connectivity index (χ1v) is 6.52. The Morgan fingerprint density at radius 2 is 2.30 bits per heavy atom. The molecule has 0 fully saturated rings. The van der Waals surface area contributed by atoms with E-state index in [1.165, 1.54) is 12.1 Å². The number of aromatic nitrogens is 2. The van der Waals surface area contributed by atoms with E-state index in [4.69, 9.17) is 4.74 Å². The summed E-state index contributed by atoms with van der Waals surface area (Å²) in [5, 5.41) is 13.8. The number of hydrogen-bond donors (Lipinski definition) is 2. The van der Waals surface area contributed by atoms with Crippen molar-refractivity contribution in [3.8, 4) is 0 Å². The van der Waals surface area contributed by atoms with Crippen LogP contribution in [0.15, 0.2) is 18.2 Å². The minimum Gasteiger partial charge on any atom is -0.379 e. The number of nitro benzene ring substituents is 1. The van der Waals surface area contributed by atoms with Gasteiger partial charge >= 0.3 is 0 Å². The predicted molar refractivity (Wildman–Crippen MR) is 76.9 cm³/mol. The van der Waals surface area contributed by atoms with Crippen molar-refractivity contribution in [1.29, 1.82) is 0 Å². The number of fused-ring (bicyclic) bond motifs is 1. The van der Waals surface area contributed by atoms with E-state index < -0.39 is 4.92 Å². The largest absolute Gasteiger partial charge is 0.379 e. The summed E-state index contributed by atoms with van der Waals surface area (Å²) in [6.45, 7) is 6.15. The lowest BCUT2D eigenvalue weighted by molar-refractivity contribution is -0.384. The highest BCUT2D eigenvalue weighted by molar-refractivity contribution is 5.79. The standard InChI is InChI=1S/C13H18N4O3/c1-9(2)8-20-6-5-14-13-15-11-4-3-10(17(18)19)7-12(11)16-13/h3-4,7,9H,5-6,8H2,1-2H3,(H2,14,15,16). The second kappa shape index (κ2) is 6.33. The van der Waals surface area contributed by atoms with Crippen LogP contribution in [0.4, 0.5) is 11.6 Å². The van der Waals surface area contributed by atoms with Crippen molar-refractivity contribution in [2.45, 2.75) is 13.8 Å². The Labute approximate surface area is 116 Å². The molecule has 0 aliphatic heterocycles. The van der Waals surface area contributed by atoms with Gasteiger partial charge in [0, 0.05) is 25.3 Å². The molecule has 0 bridgehead atoms. The van der Waals surface area contributed by atoms with Gasteiger partial charge in [-0.3, -0.25) is 10.1 Å². The van der Waals surface area contributed by atoms with E-state index in [9.17, 15) is 10.1 Å². The summed E-state index contributed by atoms with van der Waals surface area (Å²) in [7, 11) is 0. The summed E-state index contributed by atoms with van der Waals surface area (Å²) in [6.07, 6.45) is 0. The van der Waals surface area contributed by atoms with Crippen LogP contribution in [0.25, 0.3) is 11.0 Å². The lowest BCUT2D eigenvalue weighted by Crippen LogP contribution is -2.12. The van der Waals surface area contributed by atoms with E-state index in [0.29, 0.717) is 36.1 Å². The Kier molecular flexibility index (Phi) is 4.52. The number of imidazole rings is 1. The van der Waals surface area contributed by atoms with E-state index in [2.05, 4.69) is 29.1 Å². The summed E-state index contributed by atoms with van der Waals surface area (Å²) in [4.78, 5) is 17.6. The third-order valence-corrected chi connectivity index (χ3v) is 2.67. The van der Waals surface area contributed by atoms with Crippen molar-refractivity contribution in [1.82, 2.24) is 9.97 Å². The van der Waals surface area contributed by atoms with Gasteiger partial charge in [-0.2, -0.15) is 0 Å². The number of anilines is 1. The van der Waals surface area contributed by atoms with Gasteiger partial charge in [0.25, 0.3) is 5.69 Å². The second-order valence-electron chi connectivity index (χ2n) is 4.94. The van der Waals surface area contributed by atoms with Gasteiger partial charge in [0.2, 0.25) is 5.95 Å². The van der Waals surface area contributed by atoms with Crippen LogP contribution >= 0.6 is 0 Å². The number of nitrogens with one attached hydrogen (secondary N) is 2. The fourth-order valence-corrected chi connectivity index (χ4v) is 1.76. The number of aromatic amines is 1. The van der Waals surface area contributed by atoms with Crippen molar-refractivity contribution in [3.63, 3.8) is 0 Å². The fraction of sp³-hybridized carbons (Fsp3) is 0.462. The van der Waals surface area contributed by atoms with Crippen molar-refractivity contribution < 1.29 is 9.66 Å². The van der Waals surface area contributed by atoms with Crippen LogP contribution in [0, 0.1) is 16.0 Å². The third-order valence-electron chi connectivity index (χ3n) is 2.67. The number of hydrogen-bond acceptors (Lipinski definition) is 5. The summed E-state index contributed by atoms with van der Waals surface area (Å²) >= 11 is 0. The van der Waals surface area contributed by atoms with E-state index in [0.717, 1.165) is 6.61 Å². The van der Waals surface area contributed by atoms with Gasteiger partial charge in [-0.15, -0.1) is 0 Å². The molecule has 1 aromatic heterocycles. The molecule has 2 rings (SSSR count). The molecule has 1 aromatic carbocycles. The molecule has 7 nitrogen and oxygen atoms in total. The Balaban J connectivity index is 1.93. The Bertz CT molecular complexity index is 594.